The van der Waals surface area contributed by atoms with Gasteiger partial charge in [0.05, 0.1) is 19.1 Å². The summed E-state index contributed by atoms with van der Waals surface area (Å²) in [4.78, 5) is 11.2. The molecular formula is C8H10O4. The Morgan fingerprint density at radius 1 is 1.33 bits per heavy atom. The molecule has 3 fully saturated rings. The van der Waals surface area contributed by atoms with Gasteiger partial charge in [0.2, 0.25) is 0 Å². The minimum atomic E-state index is -0.156. The SMILES string of the molecule is COC(=O)[C@@H]1C[C@@H]2O[C@H]1[C@H]1O[C@H]12. The van der Waals surface area contributed by atoms with E-state index in [9.17, 15) is 4.79 Å². The summed E-state index contributed by atoms with van der Waals surface area (Å²) in [7, 11) is 1.42. The maximum absolute atomic E-state index is 11.2. The van der Waals surface area contributed by atoms with Gasteiger partial charge in [-0.25, -0.2) is 0 Å². The van der Waals surface area contributed by atoms with Gasteiger partial charge in [0, 0.05) is 0 Å². The topological polar surface area (TPSA) is 48.1 Å². The van der Waals surface area contributed by atoms with Gasteiger partial charge in [0.15, 0.2) is 0 Å². The zero-order valence-corrected chi connectivity index (χ0v) is 6.73. The summed E-state index contributed by atoms with van der Waals surface area (Å²) in [5, 5.41) is 0. The number of fused-ring (bicyclic) bond motifs is 5. The van der Waals surface area contributed by atoms with Crippen molar-refractivity contribution in [1.29, 1.82) is 0 Å². The van der Waals surface area contributed by atoms with Gasteiger partial charge in [-0.2, -0.15) is 0 Å². The molecule has 0 amide bonds. The van der Waals surface area contributed by atoms with E-state index < -0.39 is 0 Å². The average molecular weight is 170 g/mol. The third kappa shape index (κ3) is 0.671. The summed E-state index contributed by atoms with van der Waals surface area (Å²) in [6, 6.07) is 0. The number of carbonyl (C=O) groups excluding carboxylic acids is 1. The third-order valence-electron chi connectivity index (χ3n) is 2.97. The highest BCUT2D eigenvalue weighted by atomic mass is 16.7. The summed E-state index contributed by atoms with van der Waals surface area (Å²) in [6.07, 6.45) is 1.39. The number of epoxide rings is 1. The van der Waals surface area contributed by atoms with Crippen LogP contribution < -0.4 is 0 Å². The first-order chi connectivity index (χ1) is 5.81. The van der Waals surface area contributed by atoms with Crippen molar-refractivity contribution in [2.45, 2.75) is 30.8 Å². The quantitative estimate of drug-likeness (QED) is 0.401. The zero-order chi connectivity index (χ0) is 8.29. The van der Waals surface area contributed by atoms with Gasteiger partial charge in [0.1, 0.15) is 18.3 Å². The fourth-order valence-corrected chi connectivity index (χ4v) is 2.34. The van der Waals surface area contributed by atoms with Crippen LogP contribution in [0.3, 0.4) is 0 Å². The summed E-state index contributed by atoms with van der Waals surface area (Å²) in [5.74, 6) is -0.236. The summed E-state index contributed by atoms with van der Waals surface area (Å²) >= 11 is 0. The molecule has 2 bridgehead atoms. The van der Waals surface area contributed by atoms with Gasteiger partial charge in [-0.1, -0.05) is 0 Å². The first-order valence-corrected chi connectivity index (χ1v) is 4.20. The lowest BCUT2D eigenvalue weighted by atomic mass is 9.89. The minimum absolute atomic E-state index is 0.0209. The van der Waals surface area contributed by atoms with E-state index in [4.69, 9.17) is 9.47 Å². The highest BCUT2D eigenvalue weighted by molar-refractivity contribution is 5.74. The van der Waals surface area contributed by atoms with Crippen LogP contribution in [0.4, 0.5) is 0 Å². The lowest BCUT2D eigenvalue weighted by molar-refractivity contribution is -0.147. The van der Waals surface area contributed by atoms with Crippen LogP contribution in [0, 0.1) is 5.92 Å². The van der Waals surface area contributed by atoms with E-state index >= 15 is 0 Å². The molecule has 0 spiro atoms. The number of rotatable bonds is 1. The van der Waals surface area contributed by atoms with Crippen LogP contribution in [0.25, 0.3) is 0 Å². The second-order valence-corrected chi connectivity index (χ2v) is 3.57. The van der Waals surface area contributed by atoms with Gasteiger partial charge >= 0.3 is 5.97 Å². The van der Waals surface area contributed by atoms with Crippen molar-refractivity contribution in [2.24, 2.45) is 5.92 Å². The zero-order valence-electron chi connectivity index (χ0n) is 6.73. The molecule has 0 unspecified atom stereocenters. The fourth-order valence-electron chi connectivity index (χ4n) is 2.34. The van der Waals surface area contributed by atoms with Crippen molar-refractivity contribution in [3.8, 4) is 0 Å². The molecule has 3 saturated heterocycles. The summed E-state index contributed by atoms with van der Waals surface area (Å²) < 4.78 is 15.6. The number of esters is 1. The third-order valence-corrected chi connectivity index (χ3v) is 2.97. The Labute approximate surface area is 69.8 Å². The number of carbonyl (C=O) groups is 1. The summed E-state index contributed by atoms with van der Waals surface area (Å²) in [5.41, 5.74) is 0. The van der Waals surface area contributed by atoms with E-state index in [1.807, 2.05) is 0 Å². The van der Waals surface area contributed by atoms with E-state index in [-0.39, 0.29) is 36.3 Å². The van der Waals surface area contributed by atoms with E-state index in [0.717, 1.165) is 6.42 Å². The molecule has 0 radical (unpaired) electrons. The number of methoxy groups -OCH3 is 1. The molecule has 3 aliphatic rings. The van der Waals surface area contributed by atoms with Crippen LogP contribution >= 0.6 is 0 Å². The van der Waals surface area contributed by atoms with E-state index in [0.29, 0.717) is 0 Å². The van der Waals surface area contributed by atoms with Crippen molar-refractivity contribution in [1.82, 2.24) is 0 Å². The molecule has 0 aromatic heterocycles. The smallest absolute Gasteiger partial charge is 0.311 e. The van der Waals surface area contributed by atoms with Crippen molar-refractivity contribution < 1.29 is 19.0 Å². The predicted octanol–water partition coefficient (Wildman–Crippen LogP) is -0.286. The Morgan fingerprint density at radius 2 is 2.17 bits per heavy atom. The molecule has 5 atom stereocenters. The van der Waals surface area contributed by atoms with Crippen molar-refractivity contribution in [3.05, 3.63) is 0 Å². The molecule has 4 heteroatoms. The van der Waals surface area contributed by atoms with Gasteiger partial charge in [0.25, 0.3) is 0 Å². The van der Waals surface area contributed by atoms with Crippen LogP contribution in [0.1, 0.15) is 6.42 Å². The highest BCUT2D eigenvalue weighted by Gasteiger charge is 2.66. The van der Waals surface area contributed by atoms with Crippen LogP contribution in [0.5, 0.6) is 0 Å². The normalized spacial score (nSPS) is 53.6. The molecule has 0 aromatic carbocycles. The molecular weight excluding hydrogens is 160 g/mol. The van der Waals surface area contributed by atoms with Crippen LogP contribution in [0.2, 0.25) is 0 Å². The fraction of sp³-hybridized carbons (Fsp3) is 0.875. The van der Waals surface area contributed by atoms with Gasteiger partial charge in [-0.3, -0.25) is 4.79 Å². The molecule has 3 heterocycles. The second kappa shape index (κ2) is 2.00. The molecule has 66 valence electrons. The standard InChI is InChI=1S/C8H10O4/c1-10-8(9)3-2-4-6-7(12-6)5(3)11-4/h3-7H,2H2,1H3/t3-,4+,5-,6+,7-/m1/s1. The average Bonchev–Trinajstić information content (AvgIpc) is 2.71. The Hall–Kier alpha value is -0.610. The molecule has 3 aliphatic heterocycles. The Morgan fingerprint density at radius 3 is 2.75 bits per heavy atom. The number of ether oxygens (including phenoxy) is 3. The second-order valence-electron chi connectivity index (χ2n) is 3.57. The largest absolute Gasteiger partial charge is 0.469 e. The van der Waals surface area contributed by atoms with Gasteiger partial charge in [-0.15, -0.1) is 0 Å². The summed E-state index contributed by atoms with van der Waals surface area (Å²) in [6.45, 7) is 0. The molecule has 0 aliphatic carbocycles. The molecule has 3 rings (SSSR count). The van der Waals surface area contributed by atoms with Crippen LogP contribution in [0.15, 0.2) is 0 Å². The lowest BCUT2D eigenvalue weighted by Gasteiger charge is -2.13. The van der Waals surface area contributed by atoms with Crippen LogP contribution in [-0.4, -0.2) is 37.5 Å². The predicted molar refractivity (Wildman–Crippen MR) is 37.4 cm³/mol. The molecule has 4 nitrogen and oxygen atoms in total. The molecule has 0 aromatic rings. The van der Waals surface area contributed by atoms with Crippen molar-refractivity contribution in [3.63, 3.8) is 0 Å². The maximum Gasteiger partial charge on any atom is 0.311 e. The number of hydrogen-bond acceptors (Lipinski definition) is 4. The van der Waals surface area contributed by atoms with E-state index in [2.05, 4.69) is 4.74 Å². The Balaban J connectivity index is 1.80. The highest BCUT2D eigenvalue weighted by Crippen LogP contribution is 2.51. The Kier molecular flexibility index (Phi) is 1.14. The maximum atomic E-state index is 11.2. The molecule has 0 N–H and O–H groups in total. The number of hydrogen-bond donors (Lipinski definition) is 0. The molecule has 0 saturated carbocycles. The Bertz CT molecular complexity index is 239. The lowest BCUT2D eigenvalue weighted by Crippen LogP contribution is -2.31. The molecule has 12 heavy (non-hydrogen) atoms. The van der Waals surface area contributed by atoms with E-state index in [1.165, 1.54) is 7.11 Å². The monoisotopic (exact) mass is 170 g/mol. The first-order valence-electron chi connectivity index (χ1n) is 4.20. The minimum Gasteiger partial charge on any atom is -0.469 e. The van der Waals surface area contributed by atoms with Gasteiger partial charge < -0.3 is 14.2 Å². The van der Waals surface area contributed by atoms with Crippen molar-refractivity contribution >= 4 is 5.97 Å². The first kappa shape index (κ1) is 6.86. The van der Waals surface area contributed by atoms with Crippen molar-refractivity contribution in [2.75, 3.05) is 7.11 Å². The van der Waals surface area contributed by atoms with Gasteiger partial charge in [-0.05, 0) is 6.42 Å². The van der Waals surface area contributed by atoms with E-state index in [1.54, 1.807) is 0 Å². The van der Waals surface area contributed by atoms with Crippen LogP contribution in [-0.2, 0) is 19.0 Å².